The van der Waals surface area contributed by atoms with Gasteiger partial charge in [0.25, 0.3) is 0 Å². The molecule has 1 heterocycles. The van der Waals surface area contributed by atoms with Crippen LogP contribution in [0.1, 0.15) is 35.6 Å². The monoisotopic (exact) mass is 244 g/mol. The Bertz CT molecular complexity index is 586. The van der Waals surface area contributed by atoms with Gasteiger partial charge in [0, 0.05) is 16.6 Å². The van der Waals surface area contributed by atoms with Gasteiger partial charge in [0.2, 0.25) is 0 Å². The zero-order valence-electron chi connectivity index (χ0n) is 11.0. The minimum absolute atomic E-state index is 0.494. The lowest BCUT2D eigenvalue weighted by molar-refractivity contribution is 0.415. The number of aromatic amines is 1. The predicted molar refractivity (Wildman–Crippen MR) is 74.3 cm³/mol. The highest BCUT2D eigenvalue weighted by Crippen LogP contribution is 2.38. The fourth-order valence-corrected chi connectivity index (χ4v) is 3.20. The molecule has 0 spiro atoms. The molecule has 3 heteroatoms. The molecule has 3 N–H and O–H groups in total. The molecule has 0 amide bonds. The van der Waals surface area contributed by atoms with Gasteiger partial charge < -0.3 is 15.5 Å². The summed E-state index contributed by atoms with van der Waals surface area (Å²) in [6.45, 7) is 2.86. The third-order valence-corrected chi connectivity index (χ3v) is 4.11. The summed E-state index contributed by atoms with van der Waals surface area (Å²) in [5.41, 5.74) is 11.2. The molecule has 0 saturated carbocycles. The minimum atomic E-state index is 0.494. The van der Waals surface area contributed by atoms with E-state index in [1.807, 2.05) is 0 Å². The van der Waals surface area contributed by atoms with Gasteiger partial charge in [-0.15, -0.1) is 0 Å². The Hall–Kier alpha value is -1.48. The highest BCUT2D eigenvalue weighted by Gasteiger charge is 2.24. The molecule has 0 saturated heterocycles. The first-order chi connectivity index (χ1) is 8.74. The van der Waals surface area contributed by atoms with Crippen molar-refractivity contribution in [2.45, 2.75) is 32.1 Å². The first-order valence-corrected chi connectivity index (χ1v) is 6.63. The second-order valence-electron chi connectivity index (χ2n) is 5.21. The van der Waals surface area contributed by atoms with Crippen LogP contribution in [0.3, 0.4) is 0 Å². The number of nitrogens with two attached hydrogens (primary N) is 1. The van der Waals surface area contributed by atoms with Gasteiger partial charge in [-0.2, -0.15) is 0 Å². The normalized spacial score (nSPS) is 18.9. The van der Waals surface area contributed by atoms with Gasteiger partial charge in [-0.05, 0) is 61.9 Å². The molecule has 0 aliphatic heterocycles. The van der Waals surface area contributed by atoms with Crippen LogP contribution in [-0.4, -0.2) is 18.6 Å². The van der Waals surface area contributed by atoms with Crippen LogP contribution in [0.5, 0.6) is 5.75 Å². The molecule has 1 unspecified atom stereocenters. The van der Waals surface area contributed by atoms with Crippen molar-refractivity contribution in [2.75, 3.05) is 13.7 Å². The fourth-order valence-electron chi connectivity index (χ4n) is 3.20. The van der Waals surface area contributed by atoms with E-state index in [-0.39, 0.29) is 0 Å². The lowest BCUT2D eigenvalue weighted by atomic mass is 9.85. The highest BCUT2D eigenvalue weighted by atomic mass is 16.5. The van der Waals surface area contributed by atoms with E-state index in [0.717, 1.165) is 18.7 Å². The molecule has 1 aromatic heterocycles. The summed E-state index contributed by atoms with van der Waals surface area (Å²) in [5.74, 6) is 1.43. The summed E-state index contributed by atoms with van der Waals surface area (Å²) in [7, 11) is 1.72. The van der Waals surface area contributed by atoms with E-state index in [9.17, 15) is 0 Å². The van der Waals surface area contributed by atoms with Crippen LogP contribution < -0.4 is 10.5 Å². The van der Waals surface area contributed by atoms with Crippen molar-refractivity contribution in [3.63, 3.8) is 0 Å². The number of rotatable bonds is 2. The highest BCUT2D eigenvalue weighted by molar-refractivity contribution is 5.89. The maximum Gasteiger partial charge on any atom is 0.119 e. The Morgan fingerprint density at radius 1 is 1.44 bits per heavy atom. The summed E-state index contributed by atoms with van der Waals surface area (Å²) in [5, 5.41) is 1.30. The molecule has 0 bridgehead atoms. The molecular weight excluding hydrogens is 224 g/mol. The Balaban J connectivity index is 2.29. The number of aromatic nitrogens is 1. The number of H-pyrrole nitrogens is 1. The quantitative estimate of drug-likeness (QED) is 0.853. The van der Waals surface area contributed by atoms with Crippen LogP contribution in [-0.2, 0) is 6.42 Å². The molecule has 2 aromatic rings. The summed E-state index contributed by atoms with van der Waals surface area (Å²) in [6, 6.07) is 4.23. The van der Waals surface area contributed by atoms with Crippen molar-refractivity contribution < 1.29 is 4.74 Å². The lowest BCUT2D eigenvalue weighted by Crippen LogP contribution is -2.17. The topological polar surface area (TPSA) is 51.0 Å². The molecule has 0 fully saturated rings. The minimum Gasteiger partial charge on any atom is -0.497 e. The molecule has 3 rings (SSSR count). The first kappa shape index (κ1) is 11.6. The van der Waals surface area contributed by atoms with Gasteiger partial charge in [-0.3, -0.25) is 0 Å². The van der Waals surface area contributed by atoms with E-state index in [1.54, 1.807) is 7.11 Å². The number of hydrogen-bond acceptors (Lipinski definition) is 2. The fraction of sp³-hybridized carbons (Fsp3) is 0.467. The third kappa shape index (κ3) is 1.62. The molecule has 1 aromatic carbocycles. The average molecular weight is 244 g/mol. The number of hydrogen-bond donors (Lipinski definition) is 2. The van der Waals surface area contributed by atoms with E-state index in [0.29, 0.717) is 5.92 Å². The molecule has 1 atom stereocenters. The number of aryl methyl sites for hydroxylation is 2. The first-order valence-electron chi connectivity index (χ1n) is 6.63. The number of benzene rings is 1. The van der Waals surface area contributed by atoms with Crippen molar-refractivity contribution in [3.05, 3.63) is 29.0 Å². The predicted octanol–water partition coefficient (Wildman–Crippen LogP) is 2.86. The van der Waals surface area contributed by atoms with Gasteiger partial charge in [-0.1, -0.05) is 0 Å². The van der Waals surface area contributed by atoms with Gasteiger partial charge in [-0.25, -0.2) is 0 Å². The SMILES string of the molecule is COc1cc(C)c2[nH]c3c(c2c1)C(CN)CCC3. The zero-order chi connectivity index (χ0) is 12.7. The number of methoxy groups -OCH3 is 1. The average Bonchev–Trinajstić information content (AvgIpc) is 2.77. The molecule has 3 nitrogen and oxygen atoms in total. The van der Waals surface area contributed by atoms with Gasteiger partial charge >= 0.3 is 0 Å². The summed E-state index contributed by atoms with van der Waals surface area (Å²) in [6.07, 6.45) is 3.58. The lowest BCUT2D eigenvalue weighted by Gasteiger charge is -2.21. The van der Waals surface area contributed by atoms with Crippen LogP contribution >= 0.6 is 0 Å². The van der Waals surface area contributed by atoms with E-state index in [4.69, 9.17) is 10.5 Å². The maximum absolute atomic E-state index is 5.93. The Morgan fingerprint density at radius 3 is 3.00 bits per heavy atom. The van der Waals surface area contributed by atoms with Crippen molar-refractivity contribution >= 4 is 10.9 Å². The van der Waals surface area contributed by atoms with Crippen LogP contribution in [0.25, 0.3) is 10.9 Å². The van der Waals surface area contributed by atoms with Crippen molar-refractivity contribution in [3.8, 4) is 5.75 Å². The van der Waals surface area contributed by atoms with Crippen LogP contribution in [0.2, 0.25) is 0 Å². The van der Waals surface area contributed by atoms with E-state index in [1.165, 1.54) is 40.6 Å². The van der Waals surface area contributed by atoms with Crippen molar-refractivity contribution in [1.29, 1.82) is 0 Å². The summed E-state index contributed by atoms with van der Waals surface area (Å²) >= 11 is 0. The number of ether oxygens (including phenoxy) is 1. The van der Waals surface area contributed by atoms with Gasteiger partial charge in [0.15, 0.2) is 0 Å². The standard InChI is InChI=1S/C15H20N2O/c1-9-6-11(18-2)7-12-14-10(8-16)4-3-5-13(14)17-15(9)12/h6-7,10,17H,3-5,8,16H2,1-2H3. The third-order valence-electron chi connectivity index (χ3n) is 4.11. The second kappa shape index (κ2) is 4.32. The van der Waals surface area contributed by atoms with Gasteiger partial charge in [0.1, 0.15) is 5.75 Å². The Labute approximate surface area is 107 Å². The summed E-state index contributed by atoms with van der Waals surface area (Å²) < 4.78 is 5.39. The van der Waals surface area contributed by atoms with Crippen LogP contribution in [0, 0.1) is 6.92 Å². The number of fused-ring (bicyclic) bond motifs is 3. The van der Waals surface area contributed by atoms with Crippen LogP contribution in [0.4, 0.5) is 0 Å². The van der Waals surface area contributed by atoms with Crippen molar-refractivity contribution in [1.82, 2.24) is 4.98 Å². The molecule has 18 heavy (non-hydrogen) atoms. The molecular formula is C15H20N2O. The smallest absolute Gasteiger partial charge is 0.119 e. The van der Waals surface area contributed by atoms with E-state index < -0.39 is 0 Å². The van der Waals surface area contributed by atoms with Gasteiger partial charge in [0.05, 0.1) is 7.11 Å². The number of nitrogens with one attached hydrogen (secondary N) is 1. The molecule has 1 aliphatic rings. The Morgan fingerprint density at radius 2 is 2.28 bits per heavy atom. The van der Waals surface area contributed by atoms with Crippen molar-refractivity contribution in [2.24, 2.45) is 5.73 Å². The zero-order valence-corrected chi connectivity index (χ0v) is 11.0. The van der Waals surface area contributed by atoms with Crippen LogP contribution in [0.15, 0.2) is 12.1 Å². The maximum atomic E-state index is 5.93. The van der Waals surface area contributed by atoms with E-state index in [2.05, 4.69) is 24.0 Å². The molecule has 96 valence electrons. The Kier molecular flexibility index (Phi) is 2.78. The largest absolute Gasteiger partial charge is 0.497 e. The molecule has 0 radical (unpaired) electrons. The second-order valence-corrected chi connectivity index (χ2v) is 5.21. The van der Waals surface area contributed by atoms with E-state index >= 15 is 0 Å². The summed E-state index contributed by atoms with van der Waals surface area (Å²) in [4.78, 5) is 3.59. The molecule has 1 aliphatic carbocycles.